The largest absolute Gasteiger partial charge is 0.293 e. The van der Waals surface area contributed by atoms with Gasteiger partial charge in [-0.1, -0.05) is 103 Å². The molecule has 0 radical (unpaired) electrons. The lowest BCUT2D eigenvalue weighted by molar-refractivity contribution is 1.13. The molecule has 1 aliphatic heterocycles. The number of anilines is 3. The third-order valence-electron chi connectivity index (χ3n) is 6.66. The van der Waals surface area contributed by atoms with Crippen LogP contribution in [0.25, 0.3) is 33.2 Å². The molecule has 2 heterocycles. The predicted octanol–water partition coefficient (Wildman–Crippen LogP) is 9.50. The number of para-hydroxylation sites is 2. The Morgan fingerprint density at radius 2 is 1.11 bits per heavy atom. The molecular formula is C33H22N2S. The second kappa shape index (κ2) is 8.71. The van der Waals surface area contributed by atoms with Crippen molar-refractivity contribution in [2.24, 2.45) is 0 Å². The van der Waals surface area contributed by atoms with E-state index in [9.17, 15) is 0 Å². The molecule has 1 aliphatic rings. The fraction of sp³-hybridized carbons (Fsp3) is 0. The number of aromatic nitrogens is 1. The lowest BCUT2D eigenvalue weighted by Crippen LogP contribution is -2.16. The molecule has 0 fully saturated rings. The Kier molecular flexibility index (Phi) is 5.07. The maximum absolute atomic E-state index is 5.03. The summed E-state index contributed by atoms with van der Waals surface area (Å²) in [7, 11) is 0. The van der Waals surface area contributed by atoms with Crippen molar-refractivity contribution >= 4 is 39.9 Å². The monoisotopic (exact) mass is 478 g/mol. The molecule has 0 saturated carbocycles. The van der Waals surface area contributed by atoms with Gasteiger partial charge in [-0.25, -0.2) is 4.98 Å². The van der Waals surface area contributed by atoms with Crippen molar-refractivity contribution in [1.82, 2.24) is 4.98 Å². The first kappa shape index (κ1) is 21.0. The average Bonchev–Trinajstić information content (AvgIpc) is 2.96. The molecule has 36 heavy (non-hydrogen) atoms. The zero-order valence-corrected chi connectivity index (χ0v) is 20.3. The Hall–Kier alpha value is -4.34. The van der Waals surface area contributed by atoms with Gasteiger partial charge < -0.3 is 0 Å². The van der Waals surface area contributed by atoms with Gasteiger partial charge in [0, 0.05) is 15.2 Å². The first-order chi connectivity index (χ1) is 17.8. The fourth-order valence-corrected chi connectivity index (χ4v) is 5.95. The Morgan fingerprint density at radius 3 is 1.97 bits per heavy atom. The minimum Gasteiger partial charge on any atom is -0.293 e. The van der Waals surface area contributed by atoms with E-state index in [1.807, 2.05) is 17.8 Å². The number of hydrogen-bond acceptors (Lipinski definition) is 3. The quantitative estimate of drug-likeness (QED) is 0.251. The van der Waals surface area contributed by atoms with E-state index in [-0.39, 0.29) is 0 Å². The molecule has 0 bridgehead atoms. The Balaban J connectivity index is 1.31. The molecule has 170 valence electrons. The van der Waals surface area contributed by atoms with Crippen LogP contribution in [0.5, 0.6) is 0 Å². The van der Waals surface area contributed by atoms with E-state index in [2.05, 4.69) is 132 Å². The summed E-state index contributed by atoms with van der Waals surface area (Å²) in [4.78, 5) is 9.78. The molecule has 2 nitrogen and oxygen atoms in total. The molecule has 0 spiro atoms. The summed E-state index contributed by atoms with van der Waals surface area (Å²) < 4.78 is 0. The Labute approximate surface area is 214 Å². The molecule has 0 N–H and O–H groups in total. The van der Waals surface area contributed by atoms with Gasteiger partial charge in [0.1, 0.15) is 5.82 Å². The number of pyridine rings is 1. The Bertz CT molecular complexity index is 1710. The minimum absolute atomic E-state index is 0.933. The van der Waals surface area contributed by atoms with Crippen LogP contribution in [-0.4, -0.2) is 4.98 Å². The molecule has 5 aromatic carbocycles. The summed E-state index contributed by atoms with van der Waals surface area (Å²) >= 11 is 1.82. The second-order valence-electron chi connectivity index (χ2n) is 8.89. The van der Waals surface area contributed by atoms with Crippen LogP contribution >= 0.6 is 11.8 Å². The van der Waals surface area contributed by atoms with Gasteiger partial charge in [0.05, 0.1) is 16.9 Å². The fourth-order valence-electron chi connectivity index (χ4n) is 4.85. The smallest absolute Gasteiger partial charge is 0.138 e. The van der Waals surface area contributed by atoms with E-state index < -0.39 is 0 Å². The van der Waals surface area contributed by atoms with Crippen LogP contribution in [0, 0.1) is 0 Å². The summed E-state index contributed by atoms with van der Waals surface area (Å²) in [6.45, 7) is 0. The van der Waals surface area contributed by atoms with E-state index in [1.54, 1.807) is 0 Å². The van der Waals surface area contributed by atoms with E-state index in [4.69, 9.17) is 4.98 Å². The zero-order valence-electron chi connectivity index (χ0n) is 19.5. The van der Waals surface area contributed by atoms with Crippen molar-refractivity contribution in [1.29, 1.82) is 0 Å². The van der Waals surface area contributed by atoms with Crippen molar-refractivity contribution in [2.45, 2.75) is 9.79 Å². The average molecular weight is 479 g/mol. The standard InChI is InChI=1S/C33H22N2S/c1-2-8-23(9-3-1)24-14-16-25(17-15-24)27-18-20-30-32(22-27)36-31-13-7-6-12-29(31)35(30)33-21-19-26-10-4-5-11-28(26)34-33/h1-22H. The highest BCUT2D eigenvalue weighted by molar-refractivity contribution is 7.99. The molecule has 0 unspecified atom stereocenters. The van der Waals surface area contributed by atoms with Crippen molar-refractivity contribution in [3.8, 4) is 22.3 Å². The molecule has 3 heteroatoms. The maximum Gasteiger partial charge on any atom is 0.138 e. The molecular weight excluding hydrogens is 456 g/mol. The number of hydrogen-bond donors (Lipinski definition) is 0. The van der Waals surface area contributed by atoms with Crippen LogP contribution in [0.15, 0.2) is 143 Å². The number of benzene rings is 5. The first-order valence-corrected chi connectivity index (χ1v) is 12.9. The van der Waals surface area contributed by atoms with Gasteiger partial charge in [0.15, 0.2) is 0 Å². The highest BCUT2D eigenvalue weighted by atomic mass is 32.2. The van der Waals surface area contributed by atoms with Crippen LogP contribution < -0.4 is 4.90 Å². The Morgan fingerprint density at radius 1 is 0.472 bits per heavy atom. The van der Waals surface area contributed by atoms with Gasteiger partial charge in [-0.05, 0) is 64.7 Å². The summed E-state index contributed by atoms with van der Waals surface area (Å²) in [5.74, 6) is 0.933. The van der Waals surface area contributed by atoms with Gasteiger partial charge >= 0.3 is 0 Å². The highest BCUT2D eigenvalue weighted by Gasteiger charge is 2.26. The molecule has 1 aromatic heterocycles. The van der Waals surface area contributed by atoms with Gasteiger partial charge in [0.25, 0.3) is 0 Å². The van der Waals surface area contributed by atoms with E-state index in [1.165, 1.54) is 32.0 Å². The molecule has 0 saturated heterocycles. The summed E-state index contributed by atoms with van der Waals surface area (Å²) in [6.07, 6.45) is 0. The van der Waals surface area contributed by atoms with Crippen LogP contribution in [0.3, 0.4) is 0 Å². The molecule has 7 rings (SSSR count). The van der Waals surface area contributed by atoms with Crippen LogP contribution in [0.2, 0.25) is 0 Å². The summed E-state index contributed by atoms with van der Waals surface area (Å²) in [5.41, 5.74) is 8.22. The van der Waals surface area contributed by atoms with Gasteiger partial charge in [-0.3, -0.25) is 4.90 Å². The van der Waals surface area contributed by atoms with E-state index in [0.29, 0.717) is 0 Å². The molecule has 6 aromatic rings. The number of fused-ring (bicyclic) bond motifs is 3. The van der Waals surface area contributed by atoms with Crippen LogP contribution in [-0.2, 0) is 0 Å². The zero-order chi connectivity index (χ0) is 23.9. The lowest BCUT2D eigenvalue weighted by atomic mass is 10.00. The third kappa shape index (κ3) is 3.65. The first-order valence-electron chi connectivity index (χ1n) is 12.1. The molecule has 0 amide bonds. The van der Waals surface area contributed by atoms with Crippen molar-refractivity contribution in [3.05, 3.63) is 133 Å². The van der Waals surface area contributed by atoms with E-state index in [0.717, 1.165) is 28.1 Å². The SMILES string of the molecule is c1ccc(-c2ccc(-c3ccc4c(c3)Sc3ccccc3N4c3ccc4ccccc4n3)cc2)cc1. The highest BCUT2D eigenvalue weighted by Crippen LogP contribution is 2.51. The molecule has 0 atom stereocenters. The lowest BCUT2D eigenvalue weighted by Gasteiger charge is -2.32. The van der Waals surface area contributed by atoms with E-state index >= 15 is 0 Å². The maximum atomic E-state index is 5.03. The van der Waals surface area contributed by atoms with Gasteiger partial charge in [0.2, 0.25) is 0 Å². The number of nitrogens with zero attached hydrogens (tertiary/aromatic N) is 2. The normalized spacial score (nSPS) is 12.3. The molecule has 0 aliphatic carbocycles. The van der Waals surface area contributed by atoms with Crippen molar-refractivity contribution < 1.29 is 0 Å². The second-order valence-corrected chi connectivity index (χ2v) is 9.98. The topological polar surface area (TPSA) is 16.1 Å². The van der Waals surface area contributed by atoms with Crippen molar-refractivity contribution in [3.63, 3.8) is 0 Å². The van der Waals surface area contributed by atoms with Gasteiger partial charge in [-0.15, -0.1) is 0 Å². The third-order valence-corrected chi connectivity index (χ3v) is 7.78. The predicted molar refractivity (Wildman–Crippen MR) is 151 cm³/mol. The van der Waals surface area contributed by atoms with Crippen LogP contribution in [0.4, 0.5) is 17.2 Å². The van der Waals surface area contributed by atoms with Crippen LogP contribution in [0.1, 0.15) is 0 Å². The summed E-state index contributed by atoms with van der Waals surface area (Å²) in [5, 5.41) is 1.15. The number of rotatable bonds is 3. The van der Waals surface area contributed by atoms with Gasteiger partial charge in [-0.2, -0.15) is 0 Å². The minimum atomic E-state index is 0.933. The van der Waals surface area contributed by atoms with Crippen molar-refractivity contribution in [2.75, 3.05) is 4.90 Å². The summed E-state index contributed by atoms with van der Waals surface area (Å²) in [6, 6.07) is 47.3.